The minimum atomic E-state index is 0.831. The van der Waals surface area contributed by atoms with Gasteiger partial charge in [-0.2, -0.15) is 5.26 Å². The monoisotopic (exact) mass is 151 g/mol. The summed E-state index contributed by atoms with van der Waals surface area (Å²) in [5.74, 6) is 0.831. The Morgan fingerprint density at radius 2 is 2.09 bits per heavy atom. The third-order valence-corrected chi connectivity index (χ3v) is 2.37. The first kappa shape index (κ1) is 8.39. The lowest BCUT2D eigenvalue weighted by molar-refractivity contribution is 0.244. The van der Waals surface area contributed by atoms with E-state index in [1.165, 1.54) is 19.3 Å². The number of rotatable bonds is 2. The summed E-state index contributed by atoms with van der Waals surface area (Å²) in [6, 6.07) is 0. The van der Waals surface area contributed by atoms with Crippen LogP contribution >= 0.6 is 0 Å². The number of hydrogen-bond donors (Lipinski definition) is 0. The van der Waals surface area contributed by atoms with E-state index in [2.05, 4.69) is 13.1 Å². The van der Waals surface area contributed by atoms with Gasteiger partial charge in [0.2, 0.25) is 0 Å². The average molecular weight is 151 g/mol. The van der Waals surface area contributed by atoms with Crippen molar-refractivity contribution in [2.24, 2.45) is 5.92 Å². The van der Waals surface area contributed by atoms with E-state index in [0.29, 0.717) is 0 Å². The van der Waals surface area contributed by atoms with Gasteiger partial charge < -0.3 is 4.90 Å². The van der Waals surface area contributed by atoms with Gasteiger partial charge in [0.1, 0.15) is 0 Å². The van der Waals surface area contributed by atoms with E-state index >= 15 is 0 Å². The molecule has 0 N–H and O–H groups in total. The summed E-state index contributed by atoms with van der Waals surface area (Å²) in [7, 11) is 0. The van der Waals surface area contributed by atoms with Crippen LogP contribution in [0, 0.1) is 24.3 Å². The first-order valence-corrected chi connectivity index (χ1v) is 4.30. The lowest BCUT2D eigenvalue weighted by atomic mass is 9.93. The van der Waals surface area contributed by atoms with E-state index < -0.39 is 0 Å². The highest BCUT2D eigenvalue weighted by Gasteiger charge is 2.16. The van der Waals surface area contributed by atoms with Crippen LogP contribution in [0.4, 0.5) is 0 Å². The normalized spacial score (nSPS) is 19.8. The summed E-state index contributed by atoms with van der Waals surface area (Å²) < 4.78 is 0. The largest absolute Gasteiger partial charge is 0.311 e. The lowest BCUT2D eigenvalue weighted by Gasteiger charge is -2.27. The molecule has 1 fully saturated rings. The maximum atomic E-state index is 8.57. The molecule has 0 amide bonds. The highest BCUT2D eigenvalue weighted by Crippen LogP contribution is 2.20. The van der Waals surface area contributed by atoms with Gasteiger partial charge in [0.25, 0.3) is 0 Å². The summed E-state index contributed by atoms with van der Waals surface area (Å²) in [6.07, 6.45) is 6.83. The molecule has 0 aliphatic carbocycles. The maximum absolute atomic E-state index is 8.57. The minimum Gasteiger partial charge on any atom is -0.311 e. The van der Waals surface area contributed by atoms with Crippen LogP contribution < -0.4 is 0 Å². The lowest BCUT2D eigenvalue weighted by Crippen LogP contribution is -2.29. The first-order valence-electron chi connectivity index (χ1n) is 4.30. The van der Waals surface area contributed by atoms with Crippen molar-refractivity contribution in [3.8, 4) is 6.19 Å². The van der Waals surface area contributed by atoms with Crippen LogP contribution in [0.5, 0.6) is 0 Å². The third-order valence-electron chi connectivity index (χ3n) is 2.37. The van der Waals surface area contributed by atoms with Crippen LogP contribution in [-0.2, 0) is 0 Å². The second-order valence-electron chi connectivity index (χ2n) is 3.17. The molecular weight excluding hydrogens is 136 g/mol. The van der Waals surface area contributed by atoms with Crippen molar-refractivity contribution in [2.45, 2.75) is 25.7 Å². The van der Waals surface area contributed by atoms with Gasteiger partial charge in [-0.3, -0.25) is 0 Å². The van der Waals surface area contributed by atoms with Gasteiger partial charge in [0.15, 0.2) is 6.19 Å². The number of nitriles is 1. The van der Waals surface area contributed by atoms with Crippen LogP contribution in [-0.4, -0.2) is 18.0 Å². The molecule has 1 rings (SSSR count). The quantitative estimate of drug-likeness (QED) is 0.563. The summed E-state index contributed by atoms with van der Waals surface area (Å²) in [5.41, 5.74) is 0. The Hall–Kier alpha value is -0.710. The van der Waals surface area contributed by atoms with Crippen LogP contribution in [0.1, 0.15) is 25.7 Å². The number of nitrogens with zero attached hydrogens (tertiary/aromatic N) is 2. The molecule has 0 aromatic rings. The van der Waals surface area contributed by atoms with E-state index in [9.17, 15) is 0 Å². The fourth-order valence-corrected chi connectivity index (χ4v) is 1.61. The predicted molar refractivity (Wildman–Crippen MR) is 44.5 cm³/mol. The molecule has 0 aromatic carbocycles. The predicted octanol–water partition coefficient (Wildman–Crippen LogP) is 1.79. The second kappa shape index (κ2) is 4.23. The average Bonchev–Trinajstić information content (AvgIpc) is 2.07. The van der Waals surface area contributed by atoms with Gasteiger partial charge in [-0.15, -0.1) is 0 Å². The number of hydrogen-bond acceptors (Lipinski definition) is 2. The molecule has 0 unspecified atom stereocenters. The number of piperidine rings is 1. The highest BCUT2D eigenvalue weighted by atomic mass is 15.1. The Bertz CT molecular complexity index is 140. The van der Waals surface area contributed by atoms with Gasteiger partial charge in [-0.1, -0.05) is 19.8 Å². The van der Waals surface area contributed by atoms with Crippen molar-refractivity contribution in [3.05, 3.63) is 6.92 Å². The topological polar surface area (TPSA) is 27.0 Å². The zero-order valence-electron chi connectivity index (χ0n) is 6.92. The molecule has 1 radical (unpaired) electrons. The molecule has 1 heterocycles. The van der Waals surface area contributed by atoms with Gasteiger partial charge >= 0.3 is 0 Å². The Morgan fingerprint density at radius 3 is 2.55 bits per heavy atom. The molecule has 2 nitrogen and oxygen atoms in total. The molecule has 0 bridgehead atoms. The van der Waals surface area contributed by atoms with E-state index in [4.69, 9.17) is 5.26 Å². The van der Waals surface area contributed by atoms with Crippen LogP contribution in [0.25, 0.3) is 0 Å². The molecule has 0 aromatic heterocycles. The van der Waals surface area contributed by atoms with Crippen LogP contribution in [0.3, 0.4) is 0 Å². The van der Waals surface area contributed by atoms with Gasteiger partial charge in [-0.25, -0.2) is 0 Å². The zero-order chi connectivity index (χ0) is 8.10. The van der Waals surface area contributed by atoms with Crippen LogP contribution in [0.2, 0.25) is 0 Å². The molecule has 61 valence electrons. The SMILES string of the molecule is [CH2]CCC1CCN(C#N)CC1. The smallest absolute Gasteiger partial charge is 0.179 e. The molecule has 1 saturated heterocycles. The second-order valence-corrected chi connectivity index (χ2v) is 3.17. The van der Waals surface area contributed by atoms with Gasteiger partial charge in [0, 0.05) is 13.1 Å². The first-order chi connectivity index (χ1) is 5.36. The summed E-state index contributed by atoms with van der Waals surface area (Å²) in [6.45, 7) is 5.76. The zero-order valence-corrected chi connectivity index (χ0v) is 6.92. The molecule has 0 saturated carbocycles. The summed E-state index contributed by atoms with van der Waals surface area (Å²) >= 11 is 0. The van der Waals surface area contributed by atoms with Gasteiger partial charge in [0.05, 0.1) is 0 Å². The molecule has 0 atom stereocenters. The van der Waals surface area contributed by atoms with E-state index in [0.717, 1.165) is 25.4 Å². The van der Waals surface area contributed by atoms with Crippen molar-refractivity contribution in [2.75, 3.05) is 13.1 Å². The van der Waals surface area contributed by atoms with Crippen molar-refractivity contribution in [1.82, 2.24) is 4.90 Å². The molecule has 1 aliphatic heterocycles. The summed E-state index contributed by atoms with van der Waals surface area (Å²) in [4.78, 5) is 1.85. The molecule has 11 heavy (non-hydrogen) atoms. The molecule has 0 spiro atoms. The molecule has 1 aliphatic rings. The number of likely N-dealkylation sites (tertiary alicyclic amines) is 1. The Balaban J connectivity index is 2.20. The Kier molecular flexibility index (Phi) is 3.22. The van der Waals surface area contributed by atoms with Crippen LogP contribution in [0.15, 0.2) is 0 Å². The summed E-state index contributed by atoms with van der Waals surface area (Å²) in [5, 5.41) is 8.57. The fourth-order valence-electron chi connectivity index (χ4n) is 1.61. The van der Waals surface area contributed by atoms with E-state index in [1.54, 1.807) is 0 Å². The van der Waals surface area contributed by atoms with E-state index in [1.807, 2.05) is 4.90 Å². The van der Waals surface area contributed by atoms with E-state index in [-0.39, 0.29) is 0 Å². The van der Waals surface area contributed by atoms with Crippen molar-refractivity contribution >= 4 is 0 Å². The molecular formula is C9H15N2. The minimum absolute atomic E-state index is 0.831. The van der Waals surface area contributed by atoms with Gasteiger partial charge in [-0.05, 0) is 18.8 Å². The molecule has 2 heteroatoms. The maximum Gasteiger partial charge on any atom is 0.179 e. The third kappa shape index (κ3) is 2.42. The Morgan fingerprint density at radius 1 is 1.45 bits per heavy atom. The Labute approximate surface area is 68.8 Å². The van der Waals surface area contributed by atoms with Crippen molar-refractivity contribution in [3.63, 3.8) is 0 Å². The fraction of sp³-hybridized carbons (Fsp3) is 0.778. The van der Waals surface area contributed by atoms with Crippen molar-refractivity contribution in [1.29, 1.82) is 5.26 Å². The standard InChI is InChI=1S/C9H15N2/c1-2-3-9-4-6-11(8-10)7-5-9/h9H,1-7H2. The highest BCUT2D eigenvalue weighted by molar-refractivity contribution is 4.80. The van der Waals surface area contributed by atoms with Crippen molar-refractivity contribution < 1.29 is 0 Å².